The molecule has 1 saturated heterocycles. The monoisotopic (exact) mass is 269 g/mol. The lowest BCUT2D eigenvalue weighted by atomic mass is 9.84. The number of aromatic nitrogens is 1. The molecule has 0 saturated carbocycles. The van der Waals surface area contributed by atoms with Crippen molar-refractivity contribution in [2.75, 3.05) is 13.1 Å². The summed E-state index contributed by atoms with van der Waals surface area (Å²) in [5, 5.41) is 3.36. The normalized spacial score (nSPS) is 24.9. The van der Waals surface area contributed by atoms with Crippen molar-refractivity contribution < 1.29 is 4.79 Å². The molecule has 1 aromatic heterocycles. The highest BCUT2D eigenvalue weighted by atomic mass is 35.5. The molecule has 5 nitrogen and oxygen atoms in total. The van der Waals surface area contributed by atoms with Gasteiger partial charge in [-0.25, -0.2) is 0 Å². The molecule has 0 aromatic carbocycles. The van der Waals surface area contributed by atoms with E-state index in [9.17, 15) is 9.59 Å². The number of amides is 1. The van der Waals surface area contributed by atoms with E-state index in [1.807, 2.05) is 0 Å². The van der Waals surface area contributed by atoms with Crippen LogP contribution in [0.3, 0.4) is 0 Å². The lowest BCUT2D eigenvalue weighted by Gasteiger charge is -2.37. The summed E-state index contributed by atoms with van der Waals surface area (Å²) in [5.74, 6) is 0.323. The molecule has 0 spiro atoms. The smallest absolute Gasteiger partial charge is 0.251 e. The van der Waals surface area contributed by atoms with Gasteiger partial charge in [0.1, 0.15) is 0 Å². The molecule has 3 N–H and O–H groups in total. The van der Waals surface area contributed by atoms with E-state index in [1.165, 1.54) is 6.07 Å². The molecule has 2 bridgehead atoms. The molecule has 2 aliphatic rings. The summed E-state index contributed by atoms with van der Waals surface area (Å²) in [5.41, 5.74) is 6.42. The first-order chi connectivity index (χ1) is 8.15. The van der Waals surface area contributed by atoms with Crippen LogP contribution < -0.4 is 16.6 Å². The maximum absolute atomic E-state index is 12.0. The maximum Gasteiger partial charge on any atom is 0.251 e. The predicted molar refractivity (Wildman–Crippen MR) is 70.2 cm³/mol. The van der Waals surface area contributed by atoms with Crippen LogP contribution in [0.4, 0.5) is 0 Å². The van der Waals surface area contributed by atoms with Crippen molar-refractivity contribution in [2.24, 2.45) is 11.7 Å². The Kier molecular flexibility index (Phi) is 3.45. The molecule has 1 amide bonds. The van der Waals surface area contributed by atoms with Gasteiger partial charge in [0.25, 0.3) is 5.56 Å². The number of hydrogen-bond acceptors (Lipinski definition) is 3. The molecule has 3 heterocycles. The van der Waals surface area contributed by atoms with Crippen LogP contribution >= 0.6 is 12.4 Å². The Bertz CT molecular complexity index is 541. The van der Waals surface area contributed by atoms with Crippen LogP contribution in [0.2, 0.25) is 0 Å². The summed E-state index contributed by atoms with van der Waals surface area (Å²) >= 11 is 0. The molecule has 18 heavy (non-hydrogen) atoms. The number of piperidine rings is 1. The predicted octanol–water partition coefficient (Wildman–Crippen LogP) is 0.0757. The topological polar surface area (TPSA) is 77.1 Å². The van der Waals surface area contributed by atoms with Crippen molar-refractivity contribution in [1.29, 1.82) is 0 Å². The molecule has 6 heteroatoms. The highest BCUT2D eigenvalue weighted by Gasteiger charge is 2.31. The average molecular weight is 270 g/mol. The molecule has 2 aliphatic heterocycles. The van der Waals surface area contributed by atoms with Crippen LogP contribution in [-0.4, -0.2) is 23.6 Å². The van der Waals surface area contributed by atoms with Crippen molar-refractivity contribution in [3.63, 3.8) is 0 Å². The third-order valence-corrected chi connectivity index (χ3v) is 3.75. The number of hydrogen-bond donors (Lipinski definition) is 2. The first kappa shape index (κ1) is 13.1. The van der Waals surface area contributed by atoms with Crippen molar-refractivity contribution in [3.05, 3.63) is 33.7 Å². The third kappa shape index (κ3) is 2.04. The molecule has 2 atom stereocenters. The number of nitrogens with two attached hydrogens (primary N) is 1. The lowest BCUT2D eigenvalue weighted by molar-refractivity contribution is 0.0999. The molecule has 1 unspecified atom stereocenters. The molecule has 0 aliphatic carbocycles. The second-order valence-corrected chi connectivity index (χ2v) is 4.94. The van der Waals surface area contributed by atoms with Crippen LogP contribution in [0, 0.1) is 5.92 Å². The second kappa shape index (κ2) is 4.74. The Labute approximate surface area is 111 Å². The Morgan fingerprint density at radius 3 is 2.89 bits per heavy atom. The average Bonchev–Trinajstić information content (AvgIpc) is 2.30. The molecule has 1 aromatic rings. The van der Waals surface area contributed by atoms with Crippen LogP contribution in [0.5, 0.6) is 0 Å². The standard InChI is InChI=1S/C12H15N3O2.ClH/c13-12(17)8-2-10-9-1-7(4-14-5-9)6-15(10)11(16)3-8;/h2-3,7,9,14H,1,4-6H2,(H2,13,17);1H/t7?,9-;/m0./s1. The number of primary amides is 1. The Balaban J connectivity index is 0.00000120. The van der Waals surface area contributed by atoms with E-state index in [1.54, 1.807) is 10.6 Å². The van der Waals surface area contributed by atoms with E-state index in [4.69, 9.17) is 5.73 Å². The SMILES string of the molecule is Cl.NC(=O)c1cc2n(c(=O)c1)CC1CNC[C@@H]2C1. The largest absolute Gasteiger partial charge is 0.366 e. The minimum Gasteiger partial charge on any atom is -0.366 e. The molecular weight excluding hydrogens is 254 g/mol. The third-order valence-electron chi connectivity index (χ3n) is 3.75. The zero-order valence-electron chi connectivity index (χ0n) is 9.89. The number of nitrogens with one attached hydrogen (secondary N) is 1. The zero-order chi connectivity index (χ0) is 12.0. The van der Waals surface area contributed by atoms with Gasteiger partial charge >= 0.3 is 0 Å². The van der Waals surface area contributed by atoms with Crippen molar-refractivity contribution in [1.82, 2.24) is 9.88 Å². The summed E-state index contributed by atoms with van der Waals surface area (Å²) in [6, 6.07) is 3.12. The Hall–Kier alpha value is -1.33. The van der Waals surface area contributed by atoms with Crippen molar-refractivity contribution >= 4 is 18.3 Å². The van der Waals surface area contributed by atoms with Gasteiger partial charge in [0, 0.05) is 36.3 Å². The highest BCUT2D eigenvalue weighted by molar-refractivity contribution is 5.92. The van der Waals surface area contributed by atoms with Gasteiger partial charge in [-0.1, -0.05) is 0 Å². The highest BCUT2D eigenvalue weighted by Crippen LogP contribution is 2.31. The fourth-order valence-electron chi connectivity index (χ4n) is 2.95. The minimum atomic E-state index is -0.531. The number of rotatable bonds is 1. The van der Waals surface area contributed by atoms with E-state index in [0.29, 0.717) is 17.4 Å². The van der Waals surface area contributed by atoms with Crippen LogP contribution in [0.1, 0.15) is 28.4 Å². The zero-order valence-corrected chi connectivity index (χ0v) is 10.7. The summed E-state index contributed by atoms with van der Waals surface area (Å²) in [6.07, 6.45) is 1.09. The Morgan fingerprint density at radius 2 is 2.17 bits per heavy atom. The van der Waals surface area contributed by atoms with E-state index in [2.05, 4.69) is 5.32 Å². The number of fused-ring (bicyclic) bond motifs is 4. The minimum absolute atomic E-state index is 0. The van der Waals surface area contributed by atoms with Gasteiger partial charge in [0.2, 0.25) is 5.91 Å². The number of pyridine rings is 1. The summed E-state index contributed by atoms with van der Waals surface area (Å²) < 4.78 is 1.80. The van der Waals surface area contributed by atoms with Crippen molar-refractivity contribution in [2.45, 2.75) is 18.9 Å². The second-order valence-electron chi connectivity index (χ2n) is 4.94. The molecular formula is C12H16ClN3O2. The lowest BCUT2D eigenvalue weighted by Crippen LogP contribution is -2.45. The van der Waals surface area contributed by atoms with E-state index in [0.717, 1.165) is 31.7 Å². The molecule has 0 radical (unpaired) electrons. The van der Waals surface area contributed by atoms with Gasteiger partial charge in [-0.05, 0) is 24.9 Å². The van der Waals surface area contributed by atoms with Gasteiger partial charge < -0.3 is 15.6 Å². The first-order valence-corrected chi connectivity index (χ1v) is 5.90. The van der Waals surface area contributed by atoms with Crippen LogP contribution in [-0.2, 0) is 6.54 Å². The number of nitrogens with zero attached hydrogens (tertiary/aromatic N) is 1. The Morgan fingerprint density at radius 1 is 1.39 bits per heavy atom. The fraction of sp³-hybridized carbons (Fsp3) is 0.500. The van der Waals surface area contributed by atoms with Crippen LogP contribution in [0.15, 0.2) is 16.9 Å². The summed E-state index contributed by atoms with van der Waals surface area (Å²) in [6.45, 7) is 2.59. The van der Waals surface area contributed by atoms with E-state index < -0.39 is 5.91 Å². The van der Waals surface area contributed by atoms with E-state index in [-0.39, 0.29) is 18.0 Å². The van der Waals surface area contributed by atoms with Gasteiger partial charge in [0.15, 0.2) is 0 Å². The van der Waals surface area contributed by atoms with Gasteiger partial charge in [0.05, 0.1) is 0 Å². The van der Waals surface area contributed by atoms with Crippen LogP contribution in [0.25, 0.3) is 0 Å². The quantitative estimate of drug-likeness (QED) is 0.758. The number of carbonyl (C=O) groups excluding carboxylic acids is 1. The summed E-state index contributed by atoms with van der Waals surface area (Å²) in [4.78, 5) is 23.1. The van der Waals surface area contributed by atoms with Crippen molar-refractivity contribution in [3.8, 4) is 0 Å². The maximum atomic E-state index is 12.0. The van der Waals surface area contributed by atoms with E-state index >= 15 is 0 Å². The number of carbonyl (C=O) groups is 1. The first-order valence-electron chi connectivity index (χ1n) is 5.90. The number of halogens is 1. The molecule has 98 valence electrons. The van der Waals surface area contributed by atoms with Gasteiger partial charge in [-0.3, -0.25) is 9.59 Å². The molecule has 1 fully saturated rings. The fourth-order valence-corrected chi connectivity index (χ4v) is 2.95. The van der Waals surface area contributed by atoms with Gasteiger partial charge in [-0.15, -0.1) is 12.4 Å². The molecule has 3 rings (SSSR count). The van der Waals surface area contributed by atoms with Gasteiger partial charge in [-0.2, -0.15) is 0 Å². The summed E-state index contributed by atoms with van der Waals surface area (Å²) in [7, 11) is 0.